The summed E-state index contributed by atoms with van der Waals surface area (Å²) in [5.74, 6) is -0.234. The van der Waals surface area contributed by atoms with Crippen LogP contribution in [-0.2, 0) is 4.79 Å². The van der Waals surface area contributed by atoms with Crippen LogP contribution in [0.2, 0.25) is 0 Å². The number of hydrogen-bond donors (Lipinski definition) is 0. The molecule has 0 atom stereocenters. The third-order valence-electron chi connectivity index (χ3n) is 0.816. The number of imide groups is 1. The molecule has 0 aliphatic carbocycles. The molecule has 0 aromatic heterocycles. The van der Waals surface area contributed by atoms with Crippen LogP contribution in [0.3, 0.4) is 0 Å². The number of amides is 2. The molecule has 1 aliphatic rings. The van der Waals surface area contributed by atoms with Crippen LogP contribution < -0.4 is 5.32 Å². The molecule has 0 aromatic carbocycles. The number of hydrogen-bond acceptors (Lipinski definition) is 1. The molecular formula is C4H5NO2+. The van der Waals surface area contributed by atoms with Gasteiger partial charge in [-0.15, -0.1) is 5.32 Å². The number of nitrogens with zero attached hydrogens (tertiary/aromatic N) is 1. The van der Waals surface area contributed by atoms with Gasteiger partial charge < -0.3 is 0 Å². The van der Waals surface area contributed by atoms with Gasteiger partial charge in [-0.2, -0.15) is 0 Å². The monoisotopic (exact) mass is 99.0 g/mol. The highest BCUT2D eigenvalue weighted by atomic mass is 16.2. The molecule has 1 heterocycles. The van der Waals surface area contributed by atoms with E-state index in [1.54, 1.807) is 0 Å². The van der Waals surface area contributed by atoms with Gasteiger partial charge in [-0.25, -0.2) is 0 Å². The highest BCUT2D eigenvalue weighted by Gasteiger charge is 2.24. The van der Waals surface area contributed by atoms with Crippen LogP contribution in [0, 0.1) is 0 Å². The predicted molar refractivity (Wildman–Crippen MR) is 23.3 cm³/mol. The van der Waals surface area contributed by atoms with Crippen molar-refractivity contribution in [3.05, 3.63) is 0 Å². The Labute approximate surface area is 40.7 Å². The van der Waals surface area contributed by atoms with Crippen molar-refractivity contribution >= 4 is 11.8 Å². The molecule has 1 saturated heterocycles. The summed E-state index contributed by atoms with van der Waals surface area (Å²) in [6, 6.07) is 0. The summed E-state index contributed by atoms with van der Waals surface area (Å²) in [5, 5.41) is 3.22. The Balaban J connectivity index is 2.55. The molecule has 7 heavy (non-hydrogen) atoms. The number of rotatable bonds is 0. The molecule has 0 bridgehead atoms. The molecule has 1 aliphatic heterocycles. The molecule has 1 N–H and O–H groups in total. The Hall–Kier alpha value is -0.860. The molecular weight excluding hydrogens is 94.0 g/mol. The summed E-state index contributed by atoms with van der Waals surface area (Å²) >= 11 is 0. The zero-order valence-electron chi connectivity index (χ0n) is 3.72. The van der Waals surface area contributed by atoms with Crippen LogP contribution in [0.15, 0.2) is 0 Å². The molecule has 2 amide bonds. The second kappa shape index (κ2) is 1.33. The van der Waals surface area contributed by atoms with E-state index in [4.69, 9.17) is 4.79 Å². The summed E-state index contributed by atoms with van der Waals surface area (Å²) in [7, 11) is 0. The summed E-state index contributed by atoms with van der Waals surface area (Å²) in [6.07, 6.45) is 0.810. The first kappa shape index (κ1) is 4.30. The smallest absolute Gasteiger partial charge is 0.272 e. The minimum absolute atomic E-state index is 0.0231. The lowest BCUT2D eigenvalue weighted by Crippen LogP contribution is -2.09. The Kier molecular flexibility index (Phi) is 0.817. The van der Waals surface area contributed by atoms with Crippen LogP contribution >= 0.6 is 0 Å². The fourth-order valence-corrected chi connectivity index (χ4v) is 0.474. The van der Waals surface area contributed by atoms with Gasteiger partial charge in [0.1, 0.15) is 0 Å². The molecule has 0 unspecified atom stereocenters. The van der Waals surface area contributed by atoms with Crippen LogP contribution in [0.25, 0.3) is 0 Å². The van der Waals surface area contributed by atoms with Crippen molar-refractivity contribution in [2.75, 3.05) is 0 Å². The maximum atomic E-state index is 10.1. The molecule has 3 nitrogen and oxygen atoms in total. The number of carbonyl (C=O) groups excluding carboxylic acids is 2. The predicted octanol–water partition coefficient (Wildman–Crippen LogP) is -0.586. The van der Waals surface area contributed by atoms with E-state index in [1.165, 1.54) is 0 Å². The van der Waals surface area contributed by atoms with E-state index in [1.807, 2.05) is 0 Å². The molecule has 0 saturated carbocycles. The van der Waals surface area contributed by atoms with Gasteiger partial charge in [0.15, 0.2) is 0 Å². The van der Waals surface area contributed by atoms with Gasteiger partial charge in [0.05, 0.1) is 6.42 Å². The van der Waals surface area contributed by atoms with Crippen molar-refractivity contribution in [1.82, 2.24) is 5.32 Å². The Morgan fingerprint density at radius 2 is 2.29 bits per heavy atom. The lowest BCUT2D eigenvalue weighted by Gasteiger charge is -1.69. The van der Waals surface area contributed by atoms with Gasteiger partial charge in [-0.3, -0.25) is 9.59 Å². The van der Waals surface area contributed by atoms with Crippen LogP contribution in [0.1, 0.15) is 12.8 Å². The van der Waals surface area contributed by atoms with E-state index in [2.05, 4.69) is 5.32 Å². The van der Waals surface area contributed by atoms with Gasteiger partial charge in [0.25, 0.3) is 5.91 Å². The topological polar surface area (TPSA) is 52.6 Å². The second-order valence-electron chi connectivity index (χ2n) is 1.42. The van der Waals surface area contributed by atoms with E-state index >= 15 is 0 Å². The third kappa shape index (κ3) is 0.765. The maximum Gasteiger partial charge on any atom is 0.418 e. The van der Waals surface area contributed by atoms with E-state index in [9.17, 15) is 4.79 Å². The highest BCUT2D eigenvalue weighted by molar-refractivity contribution is 6.01. The first-order chi connectivity index (χ1) is 3.29. The number of carbonyl (C=O) groups is 1. The average Bonchev–Trinajstić information content (AvgIpc) is 1.87. The Morgan fingerprint density at radius 3 is 2.43 bits per heavy atom. The lowest BCUT2D eigenvalue weighted by molar-refractivity contribution is -0.118. The van der Waals surface area contributed by atoms with Gasteiger partial charge in [-0.05, 0) is 0 Å². The van der Waals surface area contributed by atoms with Gasteiger partial charge in [-0.1, -0.05) is 0 Å². The van der Waals surface area contributed by atoms with Crippen molar-refractivity contribution in [1.29, 1.82) is 0 Å². The van der Waals surface area contributed by atoms with E-state index in [-0.39, 0.29) is 11.8 Å². The molecule has 0 spiro atoms. The van der Waals surface area contributed by atoms with Gasteiger partial charge in [0, 0.05) is 6.42 Å². The maximum absolute atomic E-state index is 10.1. The van der Waals surface area contributed by atoms with Crippen LogP contribution in [0.5, 0.6) is 0 Å². The van der Waals surface area contributed by atoms with Gasteiger partial charge >= 0.3 is 5.91 Å². The Bertz CT molecular complexity index is 105. The molecule has 0 aromatic rings. The molecule has 1 radical (unpaired) electrons. The lowest BCUT2D eigenvalue weighted by atomic mass is 10.4. The standard InChI is InChI=1S/C4H4NO2/c6-3-1-2-4(7)5-3/h1-2H2/p+1. The largest absolute Gasteiger partial charge is 0.418 e. The minimum Gasteiger partial charge on any atom is -0.272 e. The quantitative estimate of drug-likeness (QED) is 0.296. The second-order valence-corrected chi connectivity index (χ2v) is 1.42. The summed E-state index contributed by atoms with van der Waals surface area (Å²) in [5.41, 5.74) is 0. The SMILES string of the molecule is O=C1CCC(=[OH+])[N]1. The van der Waals surface area contributed by atoms with Crippen molar-refractivity contribution in [2.24, 2.45) is 0 Å². The van der Waals surface area contributed by atoms with Crippen LogP contribution in [-0.4, -0.2) is 16.6 Å². The van der Waals surface area contributed by atoms with Crippen LogP contribution in [0.4, 0.5) is 0 Å². The summed E-state index contributed by atoms with van der Waals surface area (Å²) < 4.78 is 0. The van der Waals surface area contributed by atoms with Crippen molar-refractivity contribution in [3.8, 4) is 0 Å². The van der Waals surface area contributed by atoms with E-state index < -0.39 is 0 Å². The zero-order valence-corrected chi connectivity index (χ0v) is 3.72. The highest BCUT2D eigenvalue weighted by Crippen LogP contribution is 1.98. The Morgan fingerprint density at radius 1 is 1.57 bits per heavy atom. The fourth-order valence-electron chi connectivity index (χ4n) is 0.474. The third-order valence-corrected chi connectivity index (χ3v) is 0.816. The molecule has 1 rings (SSSR count). The molecule has 37 valence electrons. The summed E-state index contributed by atoms with van der Waals surface area (Å²) in [6.45, 7) is 0. The zero-order chi connectivity index (χ0) is 5.28. The fraction of sp³-hybridized carbons (Fsp3) is 0.500. The molecule has 3 heteroatoms. The minimum atomic E-state index is -0.211. The van der Waals surface area contributed by atoms with Crippen molar-refractivity contribution < 1.29 is 9.59 Å². The summed E-state index contributed by atoms with van der Waals surface area (Å²) in [4.78, 5) is 18.5. The first-order valence-corrected chi connectivity index (χ1v) is 2.08. The van der Waals surface area contributed by atoms with E-state index in [0.29, 0.717) is 12.8 Å². The van der Waals surface area contributed by atoms with E-state index in [0.717, 1.165) is 0 Å². The average molecular weight is 99.1 g/mol. The first-order valence-electron chi connectivity index (χ1n) is 2.08. The van der Waals surface area contributed by atoms with Crippen molar-refractivity contribution in [2.45, 2.75) is 12.8 Å². The molecule has 1 fully saturated rings. The van der Waals surface area contributed by atoms with Gasteiger partial charge in [0.2, 0.25) is 0 Å². The normalized spacial score (nSPS) is 20.0. The van der Waals surface area contributed by atoms with Crippen molar-refractivity contribution in [3.63, 3.8) is 0 Å².